The number of fused-ring (bicyclic) bond motifs is 2. The number of thiophene rings is 1. The first-order chi connectivity index (χ1) is 13.1. The highest BCUT2D eigenvalue weighted by atomic mass is 35.5. The maximum absolute atomic E-state index is 12.8. The van der Waals surface area contributed by atoms with Crippen LogP contribution in [0.5, 0.6) is 0 Å². The number of hydrazone groups is 1. The number of hydrogen-bond donors (Lipinski definition) is 1. The van der Waals surface area contributed by atoms with Crippen molar-refractivity contribution in [3.05, 3.63) is 50.9 Å². The number of halogens is 1. The number of carbonyl (C=O) groups excluding carboxylic acids is 1. The lowest BCUT2D eigenvalue weighted by atomic mass is 9.92. The Morgan fingerprint density at radius 3 is 2.74 bits per heavy atom. The van der Waals surface area contributed by atoms with Gasteiger partial charge in [0.2, 0.25) is 0 Å². The van der Waals surface area contributed by atoms with Crippen molar-refractivity contribution in [1.29, 1.82) is 0 Å². The quantitative estimate of drug-likeness (QED) is 0.357. The molecule has 3 nitrogen and oxygen atoms in total. The molecule has 1 fully saturated rings. The first kappa shape index (κ1) is 19.7. The fraction of sp³-hybridized carbons (Fsp3) is 0.368. The molecule has 0 atom stereocenters. The Morgan fingerprint density at radius 2 is 2.04 bits per heavy atom. The van der Waals surface area contributed by atoms with Crippen molar-refractivity contribution in [2.75, 3.05) is 17.8 Å². The van der Waals surface area contributed by atoms with Crippen LogP contribution in [0.15, 0.2) is 33.6 Å². The number of hydrogen-bond acceptors (Lipinski definition) is 6. The molecule has 1 spiro atoms. The van der Waals surface area contributed by atoms with Gasteiger partial charge in [0.1, 0.15) is 0 Å². The average molecular weight is 455 g/mol. The highest BCUT2D eigenvalue weighted by molar-refractivity contribution is 8.20. The molecule has 1 N–H and O–H groups in total. The molecule has 2 aromatic rings. The molecular weight excluding hydrogens is 436 g/mol. The third-order valence-electron chi connectivity index (χ3n) is 4.68. The molecule has 8 heteroatoms. The molecule has 4 rings (SSSR count). The van der Waals surface area contributed by atoms with E-state index in [0.29, 0.717) is 5.02 Å². The number of nitrogens with one attached hydrogen (secondary N) is 1. The largest absolute Gasteiger partial charge is 0.281 e. The summed E-state index contributed by atoms with van der Waals surface area (Å²) in [6.07, 6.45) is 7.09. The van der Waals surface area contributed by atoms with Crippen molar-refractivity contribution in [3.63, 3.8) is 0 Å². The van der Waals surface area contributed by atoms with Gasteiger partial charge in [-0.1, -0.05) is 23.7 Å². The van der Waals surface area contributed by atoms with E-state index < -0.39 is 0 Å². The molecule has 0 saturated carbocycles. The average Bonchev–Trinajstić information content (AvgIpc) is 3.29. The second-order valence-electron chi connectivity index (χ2n) is 6.33. The summed E-state index contributed by atoms with van der Waals surface area (Å²) in [4.78, 5) is 13.7. The number of nitrogens with zero attached hydrogens (tertiary/aromatic N) is 1. The molecule has 1 aliphatic heterocycles. The van der Waals surface area contributed by atoms with Crippen LogP contribution >= 0.6 is 58.2 Å². The summed E-state index contributed by atoms with van der Waals surface area (Å²) in [5.74, 6) is 2.29. The van der Waals surface area contributed by atoms with Crippen LogP contribution in [0, 0.1) is 0 Å². The summed E-state index contributed by atoms with van der Waals surface area (Å²) in [6.45, 7) is 0. The lowest BCUT2D eigenvalue weighted by Crippen LogP contribution is -2.24. The molecule has 1 amide bonds. The fourth-order valence-electron chi connectivity index (χ4n) is 3.52. The van der Waals surface area contributed by atoms with E-state index in [0.717, 1.165) is 23.3 Å². The standard InChI is InChI=1S/C19H19ClN2OS4/c1-24-18-15-14(3-2-8-19(15)25-9-10-26-19)16(27-18)17(23)22-21-11-12-4-6-13(20)7-5-12/h4-7,11H,2-3,8-10H2,1H3,(H,22,23). The van der Waals surface area contributed by atoms with E-state index >= 15 is 0 Å². The van der Waals surface area contributed by atoms with Crippen molar-refractivity contribution in [3.8, 4) is 0 Å². The minimum Gasteiger partial charge on any atom is -0.266 e. The minimum atomic E-state index is -0.105. The Morgan fingerprint density at radius 1 is 1.30 bits per heavy atom. The van der Waals surface area contributed by atoms with Gasteiger partial charge in [-0.3, -0.25) is 4.79 Å². The van der Waals surface area contributed by atoms with Crippen LogP contribution in [0.3, 0.4) is 0 Å². The van der Waals surface area contributed by atoms with Gasteiger partial charge < -0.3 is 0 Å². The number of carbonyl (C=O) groups is 1. The molecule has 27 heavy (non-hydrogen) atoms. The molecule has 1 saturated heterocycles. The Bertz CT molecular complexity index is 873. The van der Waals surface area contributed by atoms with Gasteiger partial charge in [0.25, 0.3) is 5.91 Å². The van der Waals surface area contributed by atoms with E-state index in [9.17, 15) is 4.79 Å². The maximum Gasteiger partial charge on any atom is 0.281 e. The number of thioether (sulfide) groups is 3. The van der Waals surface area contributed by atoms with Crippen LogP contribution in [0.4, 0.5) is 0 Å². The second kappa shape index (κ2) is 8.41. The summed E-state index contributed by atoms with van der Waals surface area (Å²) in [5, 5.41) is 4.83. The topological polar surface area (TPSA) is 41.5 Å². The molecule has 0 unspecified atom stereocenters. The number of benzene rings is 1. The Kier molecular flexibility index (Phi) is 6.14. The lowest BCUT2D eigenvalue weighted by Gasteiger charge is -2.33. The van der Waals surface area contributed by atoms with E-state index in [2.05, 4.69) is 40.3 Å². The number of amides is 1. The van der Waals surface area contributed by atoms with Gasteiger partial charge in [-0.2, -0.15) is 5.10 Å². The summed E-state index contributed by atoms with van der Waals surface area (Å²) < 4.78 is 1.45. The predicted octanol–water partition coefficient (Wildman–Crippen LogP) is 5.86. The maximum atomic E-state index is 12.8. The van der Waals surface area contributed by atoms with Gasteiger partial charge >= 0.3 is 0 Å². The van der Waals surface area contributed by atoms with Crippen molar-refractivity contribution >= 4 is 70.3 Å². The van der Waals surface area contributed by atoms with Gasteiger partial charge in [-0.15, -0.1) is 46.6 Å². The smallest absolute Gasteiger partial charge is 0.266 e. The van der Waals surface area contributed by atoms with Crippen LogP contribution in [-0.2, 0) is 10.5 Å². The van der Waals surface area contributed by atoms with E-state index in [1.165, 1.54) is 33.3 Å². The minimum absolute atomic E-state index is 0.105. The van der Waals surface area contributed by atoms with Gasteiger partial charge in [0.05, 0.1) is 19.4 Å². The summed E-state index contributed by atoms with van der Waals surface area (Å²) >= 11 is 13.4. The monoisotopic (exact) mass is 454 g/mol. The molecular formula is C19H19ClN2OS4. The van der Waals surface area contributed by atoms with Gasteiger partial charge in [-0.05, 0) is 48.8 Å². The van der Waals surface area contributed by atoms with E-state index in [1.807, 2.05) is 24.3 Å². The van der Waals surface area contributed by atoms with Crippen LogP contribution in [0.1, 0.15) is 39.2 Å². The summed E-state index contributed by atoms with van der Waals surface area (Å²) in [6, 6.07) is 7.35. The molecule has 1 aromatic heterocycles. The van der Waals surface area contributed by atoms with Crippen LogP contribution < -0.4 is 5.43 Å². The normalized spacial score (nSPS) is 18.1. The zero-order chi connectivity index (χ0) is 18.9. The van der Waals surface area contributed by atoms with Gasteiger partial charge in [-0.25, -0.2) is 5.43 Å². The lowest BCUT2D eigenvalue weighted by molar-refractivity contribution is 0.0958. The van der Waals surface area contributed by atoms with Gasteiger partial charge in [0.15, 0.2) is 0 Å². The van der Waals surface area contributed by atoms with E-state index in [4.69, 9.17) is 11.6 Å². The molecule has 1 aliphatic carbocycles. The first-order valence-electron chi connectivity index (χ1n) is 8.70. The third kappa shape index (κ3) is 3.94. The highest BCUT2D eigenvalue weighted by Crippen LogP contribution is 2.61. The zero-order valence-corrected chi connectivity index (χ0v) is 18.8. The van der Waals surface area contributed by atoms with Crippen LogP contribution in [-0.4, -0.2) is 29.9 Å². The summed E-state index contributed by atoms with van der Waals surface area (Å²) in [5.41, 5.74) is 6.28. The summed E-state index contributed by atoms with van der Waals surface area (Å²) in [7, 11) is 0. The highest BCUT2D eigenvalue weighted by Gasteiger charge is 2.45. The van der Waals surface area contributed by atoms with E-state index in [-0.39, 0.29) is 9.99 Å². The molecule has 0 bridgehead atoms. The Balaban J connectivity index is 1.58. The zero-order valence-electron chi connectivity index (χ0n) is 14.8. The SMILES string of the molecule is CSc1sc(C(=O)NN=Cc2ccc(Cl)cc2)c2c1C1(CCC2)SCCS1. The van der Waals surface area contributed by atoms with Crippen molar-refractivity contribution < 1.29 is 4.79 Å². The third-order valence-corrected chi connectivity index (χ3v) is 10.8. The second-order valence-corrected chi connectivity index (χ2v) is 11.9. The molecule has 142 valence electrons. The molecule has 1 aromatic carbocycles. The van der Waals surface area contributed by atoms with Crippen molar-refractivity contribution in [1.82, 2.24) is 5.43 Å². The first-order valence-corrected chi connectivity index (χ1v) is 13.1. The molecule has 2 heterocycles. The van der Waals surface area contributed by atoms with Gasteiger partial charge in [0, 0.05) is 22.1 Å². The van der Waals surface area contributed by atoms with Crippen molar-refractivity contribution in [2.45, 2.75) is 27.6 Å². The van der Waals surface area contributed by atoms with E-state index in [1.54, 1.807) is 29.3 Å². The number of rotatable bonds is 4. The van der Waals surface area contributed by atoms with Crippen LogP contribution in [0.2, 0.25) is 5.02 Å². The fourth-order valence-corrected chi connectivity index (χ4v) is 9.52. The Hall–Kier alpha value is -0.600. The molecule has 0 radical (unpaired) electrons. The Labute approximate surface area is 181 Å². The van der Waals surface area contributed by atoms with Crippen LogP contribution in [0.25, 0.3) is 0 Å². The predicted molar refractivity (Wildman–Crippen MR) is 122 cm³/mol. The van der Waals surface area contributed by atoms with Crippen molar-refractivity contribution in [2.24, 2.45) is 5.10 Å². The molecule has 2 aliphatic rings.